The highest BCUT2D eigenvalue weighted by Gasteiger charge is 2.29. The lowest BCUT2D eigenvalue weighted by Gasteiger charge is -2.21. The van der Waals surface area contributed by atoms with Gasteiger partial charge in [0, 0.05) is 32.0 Å². The summed E-state index contributed by atoms with van der Waals surface area (Å²) in [6.45, 7) is 3.10. The summed E-state index contributed by atoms with van der Waals surface area (Å²) < 4.78 is 18.9. The first-order valence-corrected chi connectivity index (χ1v) is 8.35. The second kappa shape index (κ2) is 6.28. The van der Waals surface area contributed by atoms with Gasteiger partial charge in [-0.1, -0.05) is 0 Å². The standard InChI is InChI=1S/C19H21FN2O/c20-16-3-5-17(6-4-16)23-18-8-10-22(13-18)12-15-2-1-14-7-9-21-11-19(14)15/h3-7,9,11,15,18H,1-2,8,10,12-13H2/t15?,18-/m0/s1. The van der Waals surface area contributed by atoms with E-state index >= 15 is 0 Å². The second-order valence-corrected chi connectivity index (χ2v) is 6.55. The number of rotatable bonds is 4. The number of hydrogen-bond donors (Lipinski definition) is 0. The van der Waals surface area contributed by atoms with Crippen LogP contribution in [0.2, 0.25) is 0 Å². The zero-order valence-electron chi connectivity index (χ0n) is 13.1. The minimum absolute atomic E-state index is 0.204. The van der Waals surface area contributed by atoms with E-state index in [9.17, 15) is 4.39 Å². The van der Waals surface area contributed by atoms with E-state index < -0.39 is 0 Å². The predicted molar refractivity (Wildman–Crippen MR) is 87.2 cm³/mol. The molecule has 4 rings (SSSR count). The maximum absolute atomic E-state index is 12.9. The van der Waals surface area contributed by atoms with Gasteiger partial charge in [0.05, 0.1) is 0 Å². The van der Waals surface area contributed by atoms with Crippen LogP contribution in [0.4, 0.5) is 4.39 Å². The van der Waals surface area contributed by atoms with Crippen LogP contribution in [0.25, 0.3) is 0 Å². The zero-order chi connectivity index (χ0) is 15.6. The van der Waals surface area contributed by atoms with Crippen LogP contribution in [-0.4, -0.2) is 35.6 Å². The molecule has 0 radical (unpaired) electrons. The molecule has 2 aliphatic rings. The fourth-order valence-electron chi connectivity index (χ4n) is 3.78. The Hall–Kier alpha value is -1.94. The third kappa shape index (κ3) is 3.22. The molecule has 1 unspecified atom stereocenters. The first-order valence-electron chi connectivity index (χ1n) is 8.35. The normalized spacial score (nSPS) is 23.9. The van der Waals surface area contributed by atoms with E-state index in [1.54, 1.807) is 12.1 Å². The highest BCUT2D eigenvalue weighted by atomic mass is 19.1. The number of halogens is 1. The molecule has 0 bridgehead atoms. The number of pyridine rings is 1. The molecule has 1 aliphatic carbocycles. The van der Waals surface area contributed by atoms with E-state index in [1.165, 1.54) is 36.1 Å². The summed E-state index contributed by atoms with van der Waals surface area (Å²) in [5.41, 5.74) is 2.89. The topological polar surface area (TPSA) is 25.4 Å². The quantitative estimate of drug-likeness (QED) is 0.865. The van der Waals surface area contributed by atoms with Gasteiger partial charge in [-0.15, -0.1) is 0 Å². The number of likely N-dealkylation sites (tertiary alicyclic amines) is 1. The molecule has 2 atom stereocenters. The van der Waals surface area contributed by atoms with Crippen molar-refractivity contribution in [2.45, 2.75) is 31.3 Å². The van der Waals surface area contributed by atoms with Crippen LogP contribution in [0.1, 0.15) is 29.9 Å². The van der Waals surface area contributed by atoms with Gasteiger partial charge >= 0.3 is 0 Å². The van der Waals surface area contributed by atoms with Crippen molar-refractivity contribution in [3.63, 3.8) is 0 Å². The van der Waals surface area contributed by atoms with Crippen molar-refractivity contribution in [2.75, 3.05) is 19.6 Å². The van der Waals surface area contributed by atoms with E-state index in [1.807, 2.05) is 12.4 Å². The van der Waals surface area contributed by atoms with Crippen LogP contribution in [0.3, 0.4) is 0 Å². The summed E-state index contributed by atoms with van der Waals surface area (Å²) in [6.07, 6.45) is 7.56. The van der Waals surface area contributed by atoms with Gasteiger partial charge in [-0.2, -0.15) is 0 Å². The maximum atomic E-state index is 12.9. The molecule has 3 nitrogen and oxygen atoms in total. The van der Waals surface area contributed by atoms with Crippen LogP contribution < -0.4 is 4.74 Å². The number of benzene rings is 1. The third-order valence-electron chi connectivity index (χ3n) is 4.97. The van der Waals surface area contributed by atoms with Gasteiger partial charge in [-0.25, -0.2) is 4.39 Å². The van der Waals surface area contributed by atoms with Gasteiger partial charge in [-0.05, 0) is 66.6 Å². The molecule has 1 aliphatic heterocycles. The number of fused-ring (bicyclic) bond motifs is 1. The summed E-state index contributed by atoms with van der Waals surface area (Å²) in [5, 5.41) is 0. The Kier molecular flexibility index (Phi) is 4.00. The SMILES string of the molecule is Fc1ccc(O[C@H]2CCN(CC3CCc4ccncc43)C2)cc1. The zero-order valence-corrected chi connectivity index (χ0v) is 13.1. The predicted octanol–water partition coefficient (Wildman–Crippen LogP) is 3.40. The van der Waals surface area contributed by atoms with Crippen molar-refractivity contribution >= 4 is 0 Å². The molecule has 0 spiro atoms. The molecule has 1 saturated heterocycles. The fraction of sp³-hybridized carbons (Fsp3) is 0.421. The Balaban J connectivity index is 1.33. The van der Waals surface area contributed by atoms with Crippen LogP contribution in [0, 0.1) is 5.82 Å². The van der Waals surface area contributed by atoms with Crippen molar-refractivity contribution in [1.82, 2.24) is 9.88 Å². The molecular weight excluding hydrogens is 291 g/mol. The lowest BCUT2D eigenvalue weighted by Crippen LogP contribution is -2.28. The molecule has 1 fully saturated rings. The molecule has 0 N–H and O–H groups in total. The molecule has 0 saturated carbocycles. The monoisotopic (exact) mass is 312 g/mol. The fourth-order valence-corrected chi connectivity index (χ4v) is 3.78. The first kappa shape index (κ1) is 14.6. The largest absolute Gasteiger partial charge is 0.489 e. The van der Waals surface area contributed by atoms with E-state index in [0.717, 1.165) is 31.8 Å². The number of aromatic nitrogens is 1. The number of nitrogens with zero attached hydrogens (tertiary/aromatic N) is 2. The van der Waals surface area contributed by atoms with Crippen LogP contribution in [-0.2, 0) is 6.42 Å². The second-order valence-electron chi connectivity index (χ2n) is 6.55. The molecule has 0 amide bonds. The molecule has 23 heavy (non-hydrogen) atoms. The van der Waals surface area contributed by atoms with Crippen LogP contribution >= 0.6 is 0 Å². The summed E-state index contributed by atoms with van der Waals surface area (Å²) in [6, 6.07) is 8.46. The van der Waals surface area contributed by atoms with Crippen molar-refractivity contribution in [3.05, 3.63) is 59.7 Å². The van der Waals surface area contributed by atoms with Gasteiger partial charge < -0.3 is 4.74 Å². The van der Waals surface area contributed by atoms with Crippen LogP contribution in [0.5, 0.6) is 5.75 Å². The molecule has 1 aromatic heterocycles. The first-order chi connectivity index (χ1) is 11.3. The van der Waals surface area contributed by atoms with Gasteiger partial charge in [0.1, 0.15) is 17.7 Å². The van der Waals surface area contributed by atoms with Crippen LogP contribution in [0.15, 0.2) is 42.7 Å². The van der Waals surface area contributed by atoms with Crippen molar-refractivity contribution in [2.24, 2.45) is 0 Å². The lowest BCUT2D eigenvalue weighted by atomic mass is 10.0. The highest BCUT2D eigenvalue weighted by Crippen LogP contribution is 2.33. The maximum Gasteiger partial charge on any atom is 0.123 e. The Labute approximate surface area is 136 Å². The molecular formula is C19H21FN2O. The van der Waals surface area contributed by atoms with E-state index in [0.29, 0.717) is 5.92 Å². The highest BCUT2D eigenvalue weighted by molar-refractivity contribution is 5.32. The molecule has 4 heteroatoms. The Morgan fingerprint density at radius 2 is 2.04 bits per heavy atom. The van der Waals surface area contributed by atoms with E-state index in [2.05, 4.69) is 16.0 Å². The minimum Gasteiger partial charge on any atom is -0.489 e. The van der Waals surface area contributed by atoms with Crippen molar-refractivity contribution in [3.8, 4) is 5.75 Å². The van der Waals surface area contributed by atoms with Gasteiger partial charge in [-0.3, -0.25) is 9.88 Å². The van der Waals surface area contributed by atoms with Gasteiger partial charge in [0.15, 0.2) is 0 Å². The minimum atomic E-state index is -0.223. The summed E-state index contributed by atoms with van der Waals surface area (Å²) >= 11 is 0. The van der Waals surface area contributed by atoms with Crippen molar-refractivity contribution < 1.29 is 9.13 Å². The Morgan fingerprint density at radius 1 is 1.17 bits per heavy atom. The Morgan fingerprint density at radius 3 is 2.91 bits per heavy atom. The van der Waals surface area contributed by atoms with Gasteiger partial charge in [0.2, 0.25) is 0 Å². The van der Waals surface area contributed by atoms with Crippen molar-refractivity contribution in [1.29, 1.82) is 0 Å². The summed E-state index contributed by atoms with van der Waals surface area (Å²) in [5.74, 6) is 1.14. The number of ether oxygens (including phenoxy) is 1. The summed E-state index contributed by atoms with van der Waals surface area (Å²) in [4.78, 5) is 6.77. The van der Waals surface area contributed by atoms with E-state index in [4.69, 9.17) is 4.74 Å². The third-order valence-corrected chi connectivity index (χ3v) is 4.97. The molecule has 1 aromatic carbocycles. The molecule has 2 heterocycles. The lowest BCUT2D eigenvalue weighted by molar-refractivity contribution is 0.197. The average Bonchev–Trinajstić information content (AvgIpc) is 3.18. The van der Waals surface area contributed by atoms with E-state index in [-0.39, 0.29) is 11.9 Å². The van der Waals surface area contributed by atoms with Gasteiger partial charge in [0.25, 0.3) is 0 Å². The number of aryl methyl sites for hydroxylation is 1. The number of hydrogen-bond acceptors (Lipinski definition) is 3. The average molecular weight is 312 g/mol. The summed E-state index contributed by atoms with van der Waals surface area (Å²) in [7, 11) is 0. The Bertz CT molecular complexity index is 673. The smallest absolute Gasteiger partial charge is 0.123 e. The molecule has 2 aromatic rings. The molecule has 120 valence electrons.